The van der Waals surface area contributed by atoms with Crippen molar-refractivity contribution in [3.8, 4) is 0 Å². The molecule has 7 atom stereocenters. The summed E-state index contributed by atoms with van der Waals surface area (Å²) in [6, 6.07) is 0. The van der Waals surface area contributed by atoms with Crippen molar-refractivity contribution in [2.45, 2.75) is 112 Å². The molecule has 0 aromatic rings. The number of hydrogen-bond acceptors (Lipinski definition) is 5. The van der Waals surface area contributed by atoms with Gasteiger partial charge >= 0.3 is 11.9 Å². The maximum Gasteiger partial charge on any atom is 0.306 e. The van der Waals surface area contributed by atoms with Gasteiger partial charge in [0.2, 0.25) is 0 Å². The third kappa shape index (κ3) is 14.1. The Kier molecular flexibility index (Phi) is 21.7. The molecule has 3 N–H and O–H groups in total. The number of allylic oxidation sites excluding steroid dienone is 3. The zero-order valence-corrected chi connectivity index (χ0v) is 24.2. The fourth-order valence-corrected chi connectivity index (χ4v) is 4.46. The Morgan fingerprint density at radius 1 is 1.06 bits per heavy atom. The van der Waals surface area contributed by atoms with Gasteiger partial charge in [-0.05, 0) is 55.4 Å². The summed E-state index contributed by atoms with van der Waals surface area (Å²) in [4.78, 5) is 20.8. The lowest BCUT2D eigenvalue weighted by molar-refractivity contribution is -0.141. The SMILES string of the molecule is CC.CC.CCC(C)C(=O)O.COC(CCC1C(C)C=CC2=CC(O)CCC21)CC(CC(=O)O)OC. The van der Waals surface area contributed by atoms with Crippen LogP contribution in [0, 0.1) is 23.7 Å². The number of rotatable bonds is 11. The van der Waals surface area contributed by atoms with Crippen molar-refractivity contribution in [3.05, 3.63) is 23.8 Å². The van der Waals surface area contributed by atoms with Gasteiger partial charge in [0.1, 0.15) is 0 Å². The standard InChI is InChI=1S/C20H32O5.C5H10O2.2C2H6/c1-13-4-5-14-10-15(21)6-8-19(14)18(13)9-7-16(24-2)11-17(25-3)12-20(22)23;1-3-4(2)5(6)7;2*1-2/h4-5,10,13,15-19,21H,6-9,11-12H2,1-3H3,(H,22,23);4H,3H2,1-2H3,(H,6,7);2*1-2H3. The van der Waals surface area contributed by atoms with Gasteiger partial charge in [-0.2, -0.15) is 0 Å². The molecule has 0 saturated carbocycles. The largest absolute Gasteiger partial charge is 0.481 e. The van der Waals surface area contributed by atoms with E-state index in [9.17, 15) is 14.7 Å². The number of methoxy groups -OCH3 is 2. The lowest BCUT2D eigenvalue weighted by atomic mass is 9.67. The molecule has 0 amide bonds. The Bertz CT molecular complexity index is 644. The number of carbonyl (C=O) groups is 2. The minimum absolute atomic E-state index is 0.00372. The highest BCUT2D eigenvalue weighted by Crippen LogP contribution is 2.42. The monoisotopic (exact) mass is 514 g/mol. The Hall–Kier alpha value is -1.70. The molecule has 212 valence electrons. The summed E-state index contributed by atoms with van der Waals surface area (Å²) in [6.45, 7) is 13.8. The maximum atomic E-state index is 10.9. The molecular weight excluding hydrogens is 460 g/mol. The molecule has 2 rings (SSSR count). The molecule has 0 aromatic heterocycles. The lowest BCUT2D eigenvalue weighted by Crippen LogP contribution is -2.31. The third-order valence-electron chi connectivity index (χ3n) is 6.82. The van der Waals surface area contributed by atoms with Gasteiger partial charge in [-0.3, -0.25) is 9.59 Å². The van der Waals surface area contributed by atoms with Crippen LogP contribution in [0.25, 0.3) is 0 Å². The third-order valence-corrected chi connectivity index (χ3v) is 6.82. The van der Waals surface area contributed by atoms with Gasteiger partial charge in [0.25, 0.3) is 0 Å². The van der Waals surface area contributed by atoms with Crippen LogP contribution in [-0.4, -0.2) is 59.8 Å². The molecule has 0 aromatic carbocycles. The molecule has 0 radical (unpaired) electrons. The molecule has 2 aliphatic rings. The van der Waals surface area contributed by atoms with Crippen molar-refractivity contribution in [2.75, 3.05) is 14.2 Å². The van der Waals surface area contributed by atoms with Crippen LogP contribution in [-0.2, 0) is 19.1 Å². The molecule has 7 heteroatoms. The topological polar surface area (TPSA) is 113 Å². The summed E-state index contributed by atoms with van der Waals surface area (Å²) in [6.07, 6.45) is 10.9. The maximum absolute atomic E-state index is 10.9. The van der Waals surface area contributed by atoms with Crippen LogP contribution in [0.5, 0.6) is 0 Å². The van der Waals surface area contributed by atoms with Crippen molar-refractivity contribution in [1.29, 1.82) is 0 Å². The first-order valence-corrected chi connectivity index (χ1v) is 13.7. The Morgan fingerprint density at radius 2 is 1.64 bits per heavy atom. The van der Waals surface area contributed by atoms with E-state index >= 15 is 0 Å². The summed E-state index contributed by atoms with van der Waals surface area (Å²) in [5.74, 6) is -0.169. The molecule has 0 aliphatic heterocycles. The van der Waals surface area contributed by atoms with E-state index < -0.39 is 11.9 Å². The van der Waals surface area contributed by atoms with Gasteiger partial charge in [0.15, 0.2) is 0 Å². The highest BCUT2D eigenvalue weighted by Gasteiger charge is 2.34. The summed E-state index contributed by atoms with van der Waals surface area (Å²) in [7, 11) is 3.24. The number of aliphatic carboxylic acids is 2. The summed E-state index contributed by atoms with van der Waals surface area (Å²) in [5.41, 5.74) is 1.27. The molecule has 0 spiro atoms. The second-order valence-electron chi connectivity index (χ2n) is 9.07. The van der Waals surface area contributed by atoms with E-state index in [1.807, 2.05) is 40.7 Å². The van der Waals surface area contributed by atoms with Crippen LogP contribution >= 0.6 is 0 Å². The van der Waals surface area contributed by atoms with E-state index in [1.165, 1.54) is 5.57 Å². The number of hydrogen-bond donors (Lipinski definition) is 3. The summed E-state index contributed by atoms with van der Waals surface area (Å²) >= 11 is 0. The van der Waals surface area contributed by atoms with E-state index in [-0.39, 0.29) is 30.7 Å². The van der Waals surface area contributed by atoms with Crippen molar-refractivity contribution in [2.24, 2.45) is 23.7 Å². The molecule has 7 unspecified atom stereocenters. The van der Waals surface area contributed by atoms with Crippen LogP contribution in [0.4, 0.5) is 0 Å². The van der Waals surface area contributed by atoms with E-state index in [4.69, 9.17) is 19.7 Å². The van der Waals surface area contributed by atoms with Gasteiger partial charge in [-0.15, -0.1) is 0 Å². The average Bonchev–Trinajstić information content (AvgIpc) is 2.88. The number of carboxylic acid groups (broad SMARTS) is 2. The molecule has 0 heterocycles. The quantitative estimate of drug-likeness (QED) is 0.294. The summed E-state index contributed by atoms with van der Waals surface area (Å²) < 4.78 is 10.9. The van der Waals surface area contributed by atoms with Crippen molar-refractivity contribution in [3.63, 3.8) is 0 Å². The van der Waals surface area contributed by atoms with Gasteiger partial charge in [0, 0.05) is 20.6 Å². The first kappa shape index (κ1) is 36.5. The van der Waals surface area contributed by atoms with E-state index in [1.54, 1.807) is 21.1 Å². The molecule has 7 nitrogen and oxygen atoms in total. The van der Waals surface area contributed by atoms with Gasteiger partial charge in [0.05, 0.1) is 30.7 Å². The zero-order chi connectivity index (χ0) is 28.3. The van der Waals surface area contributed by atoms with Crippen LogP contribution in [0.15, 0.2) is 23.8 Å². The number of aliphatic hydroxyl groups is 1. The fourth-order valence-electron chi connectivity index (χ4n) is 4.46. The first-order chi connectivity index (χ1) is 17.1. The van der Waals surface area contributed by atoms with Gasteiger partial charge < -0.3 is 24.8 Å². The first-order valence-electron chi connectivity index (χ1n) is 13.7. The van der Waals surface area contributed by atoms with Gasteiger partial charge in [-0.25, -0.2) is 0 Å². The Balaban J connectivity index is 0. The second kappa shape index (κ2) is 21.4. The van der Waals surface area contributed by atoms with Crippen molar-refractivity contribution in [1.82, 2.24) is 0 Å². The molecule has 0 bridgehead atoms. The van der Waals surface area contributed by atoms with E-state index in [2.05, 4.69) is 19.1 Å². The van der Waals surface area contributed by atoms with Crippen LogP contribution < -0.4 is 0 Å². The van der Waals surface area contributed by atoms with Crippen LogP contribution in [0.2, 0.25) is 0 Å². The lowest BCUT2D eigenvalue weighted by Gasteiger charge is -2.38. The second-order valence-corrected chi connectivity index (χ2v) is 9.07. The highest BCUT2D eigenvalue weighted by atomic mass is 16.5. The Morgan fingerprint density at radius 3 is 2.08 bits per heavy atom. The summed E-state index contributed by atoms with van der Waals surface area (Å²) in [5, 5.41) is 27.0. The number of carboxylic acids is 2. The van der Waals surface area contributed by atoms with E-state index in [0.717, 1.165) is 32.1 Å². The van der Waals surface area contributed by atoms with E-state index in [0.29, 0.717) is 24.2 Å². The highest BCUT2D eigenvalue weighted by molar-refractivity contribution is 5.69. The average molecular weight is 515 g/mol. The smallest absolute Gasteiger partial charge is 0.306 e. The fraction of sp³-hybridized carbons (Fsp3) is 0.793. The zero-order valence-electron chi connectivity index (χ0n) is 24.2. The number of ether oxygens (including phenoxy) is 2. The molecule has 2 aliphatic carbocycles. The minimum atomic E-state index is -0.844. The van der Waals surface area contributed by atoms with Crippen LogP contribution in [0.1, 0.15) is 93.4 Å². The normalized spacial score (nSPS) is 24.6. The molecule has 0 saturated heterocycles. The Labute approximate surface area is 220 Å². The van der Waals surface area contributed by atoms with Crippen molar-refractivity contribution < 1.29 is 34.4 Å². The molecular formula is C29H54O7. The predicted molar refractivity (Wildman–Crippen MR) is 146 cm³/mol. The molecule has 0 fully saturated rings. The molecule has 36 heavy (non-hydrogen) atoms. The van der Waals surface area contributed by atoms with Crippen molar-refractivity contribution >= 4 is 11.9 Å². The van der Waals surface area contributed by atoms with Gasteiger partial charge in [-0.1, -0.05) is 66.7 Å². The minimum Gasteiger partial charge on any atom is -0.481 e. The predicted octanol–water partition coefficient (Wildman–Crippen LogP) is 6.35. The number of aliphatic hydroxyl groups excluding tert-OH is 1. The number of fused-ring (bicyclic) bond motifs is 1. The van der Waals surface area contributed by atoms with Crippen LogP contribution in [0.3, 0.4) is 0 Å².